The predicted octanol–water partition coefficient (Wildman–Crippen LogP) is 2.94. The van der Waals surface area contributed by atoms with Gasteiger partial charge in [0.1, 0.15) is 0 Å². The number of carbonyl (C=O) groups is 2. The number of hydrogen-bond acceptors (Lipinski definition) is 3. The van der Waals surface area contributed by atoms with Crippen LogP contribution in [0, 0.1) is 19.8 Å². The van der Waals surface area contributed by atoms with Crippen LogP contribution >= 0.6 is 0 Å². The molecule has 1 fully saturated rings. The Labute approximate surface area is 154 Å². The summed E-state index contributed by atoms with van der Waals surface area (Å²) in [6.45, 7) is 6.32. The summed E-state index contributed by atoms with van der Waals surface area (Å²) >= 11 is 0. The molecule has 1 saturated heterocycles. The number of rotatable bonds is 7. The molecular weight excluding hydrogens is 328 g/mol. The van der Waals surface area contributed by atoms with Gasteiger partial charge in [-0.1, -0.05) is 30.3 Å². The molecule has 1 aliphatic heterocycles. The first-order valence-electron chi connectivity index (χ1n) is 9.14. The Morgan fingerprint density at radius 1 is 1.19 bits per heavy atom. The van der Waals surface area contributed by atoms with Crippen LogP contribution in [0.25, 0.3) is 0 Å². The number of hydrogen-bond donors (Lipinski definition) is 1. The van der Waals surface area contributed by atoms with E-state index in [1.807, 2.05) is 43.0 Å². The summed E-state index contributed by atoms with van der Waals surface area (Å²) in [5.74, 6) is -1.03. The average Bonchev–Trinajstić information content (AvgIpc) is 3.19. The number of aryl methyl sites for hydroxylation is 2. The van der Waals surface area contributed by atoms with E-state index in [-0.39, 0.29) is 11.7 Å². The van der Waals surface area contributed by atoms with Crippen molar-refractivity contribution in [2.45, 2.75) is 33.2 Å². The van der Waals surface area contributed by atoms with Gasteiger partial charge in [-0.15, -0.1) is 0 Å². The highest BCUT2D eigenvalue weighted by molar-refractivity contribution is 5.99. The molecule has 1 unspecified atom stereocenters. The molecule has 0 spiro atoms. The third kappa shape index (κ3) is 4.05. The Bertz CT molecular complexity index is 795. The van der Waals surface area contributed by atoms with E-state index < -0.39 is 5.97 Å². The van der Waals surface area contributed by atoms with Gasteiger partial charge in [0.05, 0.1) is 12.5 Å². The number of nitrogens with zero attached hydrogens (tertiary/aromatic N) is 2. The van der Waals surface area contributed by atoms with Crippen LogP contribution in [0.3, 0.4) is 0 Å². The lowest BCUT2D eigenvalue weighted by atomic mass is 10.1. The summed E-state index contributed by atoms with van der Waals surface area (Å²) in [7, 11) is 0. The largest absolute Gasteiger partial charge is 0.481 e. The number of carboxylic acids is 1. The number of ketones is 1. The van der Waals surface area contributed by atoms with Gasteiger partial charge in [0.15, 0.2) is 5.78 Å². The second-order valence-corrected chi connectivity index (χ2v) is 7.15. The van der Waals surface area contributed by atoms with E-state index in [0.29, 0.717) is 26.1 Å². The van der Waals surface area contributed by atoms with Gasteiger partial charge in [-0.05, 0) is 44.9 Å². The lowest BCUT2D eigenvalue weighted by Crippen LogP contribution is -2.29. The maximum absolute atomic E-state index is 12.7. The fourth-order valence-electron chi connectivity index (χ4n) is 3.78. The Kier molecular flexibility index (Phi) is 5.57. The van der Waals surface area contributed by atoms with Crippen molar-refractivity contribution >= 4 is 11.8 Å². The summed E-state index contributed by atoms with van der Waals surface area (Å²) in [4.78, 5) is 25.8. The van der Waals surface area contributed by atoms with E-state index in [9.17, 15) is 9.59 Å². The number of Topliss-reactive ketones (excluding diaryl/α,β-unsaturated/α-hetero) is 1. The Balaban J connectivity index is 1.65. The number of aromatic nitrogens is 1. The fourth-order valence-corrected chi connectivity index (χ4v) is 3.78. The van der Waals surface area contributed by atoms with Crippen LogP contribution in [-0.2, 0) is 17.8 Å². The molecule has 2 heterocycles. The van der Waals surface area contributed by atoms with Crippen molar-refractivity contribution in [1.29, 1.82) is 0 Å². The molecule has 5 heteroatoms. The van der Waals surface area contributed by atoms with Crippen molar-refractivity contribution < 1.29 is 14.7 Å². The SMILES string of the molecule is Cc1cc(C(=O)CN2CCC(C(=O)O)C2)c(C)n1CCc1ccccc1. The van der Waals surface area contributed by atoms with Crippen molar-refractivity contribution in [3.8, 4) is 0 Å². The highest BCUT2D eigenvalue weighted by Gasteiger charge is 2.29. The minimum Gasteiger partial charge on any atom is -0.481 e. The molecule has 0 amide bonds. The number of likely N-dealkylation sites (tertiary alicyclic amines) is 1. The lowest BCUT2D eigenvalue weighted by molar-refractivity contribution is -0.141. The minimum absolute atomic E-state index is 0.0788. The first-order valence-corrected chi connectivity index (χ1v) is 9.14. The summed E-state index contributed by atoms with van der Waals surface area (Å²) in [6, 6.07) is 12.3. The van der Waals surface area contributed by atoms with Crippen LogP contribution in [0.4, 0.5) is 0 Å². The van der Waals surface area contributed by atoms with Crippen LogP contribution in [-0.4, -0.2) is 46.0 Å². The summed E-state index contributed by atoms with van der Waals surface area (Å²) in [6.07, 6.45) is 1.55. The second-order valence-electron chi connectivity index (χ2n) is 7.15. The Hall–Kier alpha value is -2.40. The standard InChI is InChI=1S/C21H26N2O3/c1-15-12-19(20(24)14-22-10-9-18(13-22)21(25)26)16(2)23(15)11-8-17-6-4-3-5-7-17/h3-7,12,18H,8-11,13-14H2,1-2H3,(H,25,26). The molecule has 138 valence electrons. The van der Waals surface area contributed by atoms with Crippen LogP contribution in [0.5, 0.6) is 0 Å². The number of carboxylic acid groups (broad SMARTS) is 1. The number of carbonyl (C=O) groups excluding carboxylic acids is 1. The van der Waals surface area contributed by atoms with Gasteiger partial charge in [-0.3, -0.25) is 14.5 Å². The molecule has 2 aromatic rings. The van der Waals surface area contributed by atoms with Crippen LogP contribution < -0.4 is 0 Å². The molecule has 1 aromatic heterocycles. The molecule has 3 rings (SSSR count). The highest BCUT2D eigenvalue weighted by atomic mass is 16.4. The normalized spacial score (nSPS) is 17.5. The molecule has 0 radical (unpaired) electrons. The van der Waals surface area contributed by atoms with Crippen molar-refractivity contribution in [2.24, 2.45) is 5.92 Å². The lowest BCUT2D eigenvalue weighted by Gasteiger charge is -2.14. The molecule has 0 bridgehead atoms. The molecule has 1 aromatic carbocycles. The summed E-state index contributed by atoms with van der Waals surface area (Å²) in [5.41, 5.74) is 4.13. The molecule has 1 N–H and O–H groups in total. The van der Waals surface area contributed by atoms with E-state index in [4.69, 9.17) is 5.11 Å². The van der Waals surface area contributed by atoms with Crippen molar-refractivity contribution in [3.05, 3.63) is 58.9 Å². The van der Waals surface area contributed by atoms with Gasteiger partial charge in [0, 0.05) is 30.0 Å². The third-order valence-corrected chi connectivity index (χ3v) is 5.33. The molecule has 5 nitrogen and oxygen atoms in total. The Morgan fingerprint density at radius 3 is 2.58 bits per heavy atom. The van der Waals surface area contributed by atoms with Gasteiger partial charge in [-0.2, -0.15) is 0 Å². The molecule has 1 aliphatic rings. The fraction of sp³-hybridized carbons (Fsp3) is 0.429. The number of benzene rings is 1. The molecule has 0 saturated carbocycles. The van der Waals surface area contributed by atoms with E-state index in [1.54, 1.807) is 0 Å². The average molecular weight is 354 g/mol. The van der Waals surface area contributed by atoms with E-state index >= 15 is 0 Å². The second kappa shape index (κ2) is 7.87. The summed E-state index contributed by atoms with van der Waals surface area (Å²) < 4.78 is 2.20. The van der Waals surface area contributed by atoms with Gasteiger partial charge in [0.25, 0.3) is 0 Å². The zero-order valence-electron chi connectivity index (χ0n) is 15.4. The zero-order valence-corrected chi connectivity index (χ0v) is 15.4. The van der Waals surface area contributed by atoms with Gasteiger partial charge >= 0.3 is 5.97 Å². The van der Waals surface area contributed by atoms with E-state index in [2.05, 4.69) is 16.7 Å². The summed E-state index contributed by atoms with van der Waals surface area (Å²) in [5, 5.41) is 9.10. The van der Waals surface area contributed by atoms with Crippen LogP contribution in [0.15, 0.2) is 36.4 Å². The Morgan fingerprint density at radius 2 is 1.92 bits per heavy atom. The first-order chi connectivity index (χ1) is 12.5. The van der Waals surface area contributed by atoms with Gasteiger partial charge < -0.3 is 9.67 Å². The van der Waals surface area contributed by atoms with Crippen LogP contribution in [0.1, 0.15) is 33.7 Å². The van der Waals surface area contributed by atoms with E-state index in [1.165, 1.54) is 5.56 Å². The maximum atomic E-state index is 12.7. The molecule has 1 atom stereocenters. The maximum Gasteiger partial charge on any atom is 0.307 e. The number of aliphatic carboxylic acids is 1. The van der Waals surface area contributed by atoms with Gasteiger partial charge in [-0.25, -0.2) is 0 Å². The van der Waals surface area contributed by atoms with E-state index in [0.717, 1.165) is 29.9 Å². The van der Waals surface area contributed by atoms with Crippen molar-refractivity contribution in [2.75, 3.05) is 19.6 Å². The topological polar surface area (TPSA) is 62.5 Å². The van der Waals surface area contributed by atoms with Crippen LogP contribution in [0.2, 0.25) is 0 Å². The van der Waals surface area contributed by atoms with Crippen molar-refractivity contribution in [3.63, 3.8) is 0 Å². The predicted molar refractivity (Wildman–Crippen MR) is 101 cm³/mol. The molecule has 0 aliphatic carbocycles. The third-order valence-electron chi connectivity index (χ3n) is 5.33. The quantitative estimate of drug-likeness (QED) is 0.777. The minimum atomic E-state index is -0.765. The van der Waals surface area contributed by atoms with Gasteiger partial charge in [0.2, 0.25) is 0 Å². The van der Waals surface area contributed by atoms with Crippen molar-refractivity contribution in [1.82, 2.24) is 9.47 Å². The smallest absolute Gasteiger partial charge is 0.307 e. The first kappa shape index (κ1) is 18.4. The monoisotopic (exact) mass is 354 g/mol. The highest BCUT2D eigenvalue weighted by Crippen LogP contribution is 2.20. The zero-order chi connectivity index (χ0) is 18.7. The molecular formula is C21H26N2O3. The molecule has 26 heavy (non-hydrogen) atoms.